The minimum Gasteiger partial charge on any atom is -0.330 e. The lowest BCUT2D eigenvalue weighted by atomic mass is 9.99. The average Bonchev–Trinajstić information content (AvgIpc) is 2.11. The number of hydrogen-bond acceptors (Lipinski definition) is 1. The summed E-state index contributed by atoms with van der Waals surface area (Å²) in [5, 5.41) is 0.223. The summed E-state index contributed by atoms with van der Waals surface area (Å²) in [5.74, 6) is -2.00. The van der Waals surface area contributed by atoms with Crippen LogP contribution in [0.1, 0.15) is 11.5 Å². The van der Waals surface area contributed by atoms with E-state index < -0.39 is 18.2 Å². The first-order chi connectivity index (χ1) is 6.56. The van der Waals surface area contributed by atoms with Crippen molar-refractivity contribution in [2.75, 3.05) is 6.54 Å². The molecule has 1 rings (SSSR count). The van der Waals surface area contributed by atoms with E-state index in [1.807, 2.05) is 0 Å². The van der Waals surface area contributed by atoms with Gasteiger partial charge in [-0.2, -0.15) is 0 Å². The molecule has 0 saturated carbocycles. The van der Waals surface area contributed by atoms with E-state index in [4.69, 9.17) is 17.3 Å². The van der Waals surface area contributed by atoms with Gasteiger partial charge in [0.1, 0.15) is 5.82 Å². The molecule has 1 unspecified atom stereocenters. The molecule has 14 heavy (non-hydrogen) atoms. The molecule has 1 aromatic rings. The van der Waals surface area contributed by atoms with Gasteiger partial charge in [0.15, 0.2) is 0 Å². The molecule has 0 spiro atoms. The highest BCUT2D eigenvalue weighted by molar-refractivity contribution is 6.30. The molecule has 0 aliphatic rings. The first kappa shape index (κ1) is 11.3. The molecule has 1 aromatic carbocycles. The SMILES string of the molecule is NCC(c1cc(Cl)ccc1F)C(F)F. The Morgan fingerprint density at radius 1 is 1.36 bits per heavy atom. The molecule has 0 radical (unpaired) electrons. The summed E-state index contributed by atoms with van der Waals surface area (Å²) in [6, 6.07) is 3.54. The van der Waals surface area contributed by atoms with Gasteiger partial charge in [-0.3, -0.25) is 0 Å². The Kier molecular flexibility index (Phi) is 3.77. The van der Waals surface area contributed by atoms with E-state index in [9.17, 15) is 13.2 Å². The van der Waals surface area contributed by atoms with Gasteiger partial charge in [-0.25, -0.2) is 13.2 Å². The van der Waals surface area contributed by atoms with Crippen molar-refractivity contribution in [1.29, 1.82) is 0 Å². The summed E-state index contributed by atoms with van der Waals surface area (Å²) in [6.45, 7) is -0.311. The van der Waals surface area contributed by atoms with E-state index in [0.717, 1.165) is 6.07 Å². The molecule has 2 N–H and O–H groups in total. The number of benzene rings is 1. The van der Waals surface area contributed by atoms with Gasteiger partial charge in [0.25, 0.3) is 0 Å². The Bertz CT molecular complexity index is 317. The fourth-order valence-electron chi connectivity index (χ4n) is 1.16. The third-order valence-electron chi connectivity index (χ3n) is 1.92. The Morgan fingerprint density at radius 2 is 2.00 bits per heavy atom. The summed E-state index contributed by atoms with van der Waals surface area (Å²) in [7, 11) is 0. The monoisotopic (exact) mass is 223 g/mol. The van der Waals surface area contributed by atoms with Crippen molar-refractivity contribution in [3.8, 4) is 0 Å². The first-order valence-electron chi connectivity index (χ1n) is 3.99. The van der Waals surface area contributed by atoms with Crippen LogP contribution in [-0.2, 0) is 0 Å². The molecule has 0 aliphatic heterocycles. The van der Waals surface area contributed by atoms with E-state index in [1.165, 1.54) is 12.1 Å². The van der Waals surface area contributed by atoms with Crippen LogP contribution in [0.4, 0.5) is 13.2 Å². The van der Waals surface area contributed by atoms with Crippen molar-refractivity contribution in [3.63, 3.8) is 0 Å². The van der Waals surface area contributed by atoms with Gasteiger partial charge in [-0.15, -0.1) is 0 Å². The van der Waals surface area contributed by atoms with Crippen LogP contribution in [0.2, 0.25) is 5.02 Å². The molecular weight excluding hydrogens is 215 g/mol. The van der Waals surface area contributed by atoms with Crippen LogP contribution in [0.3, 0.4) is 0 Å². The summed E-state index contributed by atoms with van der Waals surface area (Å²) < 4.78 is 37.9. The fourth-order valence-corrected chi connectivity index (χ4v) is 1.34. The van der Waals surface area contributed by atoms with Crippen LogP contribution in [0.5, 0.6) is 0 Å². The zero-order chi connectivity index (χ0) is 10.7. The summed E-state index contributed by atoms with van der Waals surface area (Å²) >= 11 is 5.57. The molecular formula is C9H9ClF3N. The Labute approximate surface area is 84.7 Å². The van der Waals surface area contributed by atoms with Crippen molar-refractivity contribution in [3.05, 3.63) is 34.6 Å². The highest BCUT2D eigenvalue weighted by atomic mass is 35.5. The van der Waals surface area contributed by atoms with Crippen molar-refractivity contribution in [1.82, 2.24) is 0 Å². The predicted molar refractivity (Wildman–Crippen MR) is 49.2 cm³/mol. The van der Waals surface area contributed by atoms with Crippen LogP contribution < -0.4 is 5.73 Å². The first-order valence-corrected chi connectivity index (χ1v) is 4.37. The lowest BCUT2D eigenvalue weighted by molar-refractivity contribution is 0.115. The molecule has 0 heterocycles. The van der Waals surface area contributed by atoms with Gasteiger partial charge in [0.05, 0.1) is 5.92 Å². The lowest BCUT2D eigenvalue weighted by Crippen LogP contribution is -2.20. The van der Waals surface area contributed by atoms with Crippen molar-refractivity contribution in [2.24, 2.45) is 5.73 Å². The van der Waals surface area contributed by atoms with Gasteiger partial charge in [0, 0.05) is 11.6 Å². The molecule has 0 aromatic heterocycles. The second-order valence-electron chi connectivity index (χ2n) is 2.84. The van der Waals surface area contributed by atoms with Crippen molar-refractivity contribution >= 4 is 11.6 Å². The van der Waals surface area contributed by atoms with E-state index in [2.05, 4.69) is 0 Å². The predicted octanol–water partition coefficient (Wildman–Crippen LogP) is 2.79. The maximum absolute atomic E-state index is 13.1. The van der Waals surface area contributed by atoms with Gasteiger partial charge in [-0.05, 0) is 23.8 Å². The highest BCUT2D eigenvalue weighted by Crippen LogP contribution is 2.27. The van der Waals surface area contributed by atoms with Crippen LogP contribution in [0, 0.1) is 5.82 Å². The van der Waals surface area contributed by atoms with E-state index in [0.29, 0.717) is 0 Å². The average molecular weight is 224 g/mol. The normalized spacial score (nSPS) is 13.3. The summed E-state index contributed by atoms with van der Waals surface area (Å²) in [5.41, 5.74) is 5.01. The van der Waals surface area contributed by atoms with E-state index in [1.54, 1.807) is 0 Å². The smallest absolute Gasteiger partial charge is 0.246 e. The van der Waals surface area contributed by atoms with E-state index >= 15 is 0 Å². The molecule has 0 saturated heterocycles. The zero-order valence-electron chi connectivity index (χ0n) is 7.18. The summed E-state index contributed by atoms with van der Waals surface area (Å²) in [4.78, 5) is 0. The van der Waals surface area contributed by atoms with Crippen LogP contribution in [0.25, 0.3) is 0 Å². The van der Waals surface area contributed by atoms with Gasteiger partial charge in [0.2, 0.25) is 6.43 Å². The van der Waals surface area contributed by atoms with E-state index in [-0.39, 0.29) is 17.1 Å². The standard InChI is InChI=1S/C9H9ClF3N/c10-5-1-2-8(11)6(3-5)7(4-14)9(12)13/h1-3,7,9H,4,14H2. The second-order valence-corrected chi connectivity index (χ2v) is 3.28. The Balaban J connectivity index is 3.08. The third kappa shape index (κ3) is 2.39. The Morgan fingerprint density at radius 3 is 2.50 bits per heavy atom. The Hall–Kier alpha value is -0.740. The quantitative estimate of drug-likeness (QED) is 0.838. The molecule has 1 atom stereocenters. The number of halogens is 4. The maximum Gasteiger partial charge on any atom is 0.246 e. The lowest BCUT2D eigenvalue weighted by Gasteiger charge is -2.14. The molecule has 0 aliphatic carbocycles. The minimum atomic E-state index is -2.69. The molecule has 78 valence electrons. The molecule has 0 bridgehead atoms. The van der Waals surface area contributed by atoms with Crippen LogP contribution in [0.15, 0.2) is 18.2 Å². The number of rotatable bonds is 3. The molecule has 0 amide bonds. The van der Waals surface area contributed by atoms with Gasteiger partial charge in [-0.1, -0.05) is 11.6 Å². The highest BCUT2D eigenvalue weighted by Gasteiger charge is 2.23. The minimum absolute atomic E-state index is 0.130. The maximum atomic E-state index is 13.1. The fraction of sp³-hybridized carbons (Fsp3) is 0.333. The van der Waals surface area contributed by atoms with Crippen molar-refractivity contribution < 1.29 is 13.2 Å². The van der Waals surface area contributed by atoms with Crippen LogP contribution in [-0.4, -0.2) is 13.0 Å². The number of alkyl halides is 2. The number of nitrogens with two attached hydrogens (primary N) is 1. The van der Waals surface area contributed by atoms with Crippen LogP contribution >= 0.6 is 11.6 Å². The number of hydrogen-bond donors (Lipinski definition) is 1. The zero-order valence-corrected chi connectivity index (χ0v) is 7.94. The largest absolute Gasteiger partial charge is 0.330 e. The molecule has 5 heteroatoms. The van der Waals surface area contributed by atoms with Gasteiger partial charge < -0.3 is 5.73 Å². The molecule has 1 nitrogen and oxygen atoms in total. The second kappa shape index (κ2) is 4.66. The molecule has 0 fully saturated rings. The van der Waals surface area contributed by atoms with Crippen molar-refractivity contribution in [2.45, 2.75) is 12.3 Å². The topological polar surface area (TPSA) is 26.0 Å². The summed E-state index contributed by atoms with van der Waals surface area (Å²) in [6.07, 6.45) is -2.69. The third-order valence-corrected chi connectivity index (χ3v) is 2.15. The van der Waals surface area contributed by atoms with Gasteiger partial charge >= 0.3 is 0 Å².